The second-order valence-corrected chi connectivity index (χ2v) is 5.03. The monoisotopic (exact) mass is 241 g/mol. The lowest BCUT2D eigenvalue weighted by Crippen LogP contribution is -2.24. The molecule has 0 fully saturated rings. The van der Waals surface area contributed by atoms with Crippen molar-refractivity contribution in [1.82, 2.24) is 5.32 Å². The zero-order chi connectivity index (χ0) is 12.0. The van der Waals surface area contributed by atoms with Gasteiger partial charge in [0.25, 0.3) is 0 Å². The fourth-order valence-corrected chi connectivity index (χ4v) is 2.34. The Labute approximate surface area is 100 Å². The van der Waals surface area contributed by atoms with Crippen molar-refractivity contribution in [2.75, 3.05) is 6.54 Å². The molecular weight excluding hydrogens is 222 g/mol. The van der Waals surface area contributed by atoms with Gasteiger partial charge in [0.1, 0.15) is 0 Å². The summed E-state index contributed by atoms with van der Waals surface area (Å²) in [5, 5.41) is 12.2. The molecule has 0 unspecified atom stereocenters. The van der Waals surface area contributed by atoms with Crippen LogP contribution in [0.25, 0.3) is 0 Å². The molecule has 0 saturated heterocycles. The van der Waals surface area contributed by atoms with Gasteiger partial charge in [-0.3, -0.25) is 4.79 Å². The van der Waals surface area contributed by atoms with Crippen LogP contribution in [0.2, 0.25) is 0 Å². The summed E-state index contributed by atoms with van der Waals surface area (Å²) in [4.78, 5) is 13.4. The summed E-state index contributed by atoms with van der Waals surface area (Å²) in [7, 11) is 0. The third-order valence-electron chi connectivity index (χ3n) is 2.26. The van der Waals surface area contributed by atoms with Crippen molar-refractivity contribution in [2.45, 2.75) is 39.2 Å². The van der Waals surface area contributed by atoms with Crippen molar-refractivity contribution < 1.29 is 9.90 Å². The third-order valence-corrected chi connectivity index (χ3v) is 3.58. The van der Waals surface area contributed by atoms with Gasteiger partial charge in [-0.2, -0.15) is 0 Å². The molecule has 0 aliphatic carbocycles. The molecule has 0 saturated carbocycles. The maximum Gasteiger partial charge on any atom is 0.219 e. The lowest BCUT2D eigenvalue weighted by atomic mass is 10.3. The van der Waals surface area contributed by atoms with Gasteiger partial charge in [-0.05, 0) is 31.9 Å². The Morgan fingerprint density at radius 1 is 1.56 bits per heavy atom. The van der Waals surface area contributed by atoms with Crippen LogP contribution in [0.15, 0.2) is 12.1 Å². The average Bonchev–Trinajstić information content (AvgIpc) is 2.67. The van der Waals surface area contributed by atoms with E-state index < -0.39 is 6.10 Å². The molecule has 0 aliphatic heterocycles. The molecule has 4 heteroatoms. The predicted molar refractivity (Wildman–Crippen MR) is 66.6 cm³/mol. The van der Waals surface area contributed by atoms with Crippen LogP contribution in [0.5, 0.6) is 0 Å². The minimum atomic E-state index is -0.395. The molecular formula is C12H19NO2S. The summed E-state index contributed by atoms with van der Waals surface area (Å²) in [5.41, 5.74) is 0. The number of aliphatic hydroxyl groups excluding tert-OH is 1. The molecule has 1 heterocycles. The van der Waals surface area contributed by atoms with Crippen LogP contribution in [0.3, 0.4) is 0 Å². The third kappa shape index (κ3) is 4.33. The molecule has 1 aromatic heterocycles. The van der Waals surface area contributed by atoms with E-state index in [2.05, 4.69) is 5.32 Å². The van der Waals surface area contributed by atoms with Gasteiger partial charge in [0.15, 0.2) is 0 Å². The molecule has 3 nitrogen and oxygen atoms in total. The highest BCUT2D eigenvalue weighted by molar-refractivity contribution is 7.12. The molecule has 2 N–H and O–H groups in total. The van der Waals surface area contributed by atoms with Crippen LogP contribution in [0.4, 0.5) is 0 Å². The van der Waals surface area contributed by atoms with Crippen LogP contribution in [-0.2, 0) is 11.2 Å². The maximum atomic E-state index is 11.2. The van der Waals surface area contributed by atoms with Gasteiger partial charge in [0.05, 0.1) is 6.10 Å². The quantitative estimate of drug-likeness (QED) is 0.802. The topological polar surface area (TPSA) is 49.3 Å². The zero-order valence-electron chi connectivity index (χ0n) is 9.82. The zero-order valence-corrected chi connectivity index (χ0v) is 10.6. The van der Waals surface area contributed by atoms with Gasteiger partial charge >= 0.3 is 0 Å². The van der Waals surface area contributed by atoms with E-state index in [0.717, 1.165) is 17.7 Å². The van der Waals surface area contributed by atoms with Gasteiger partial charge in [0, 0.05) is 22.7 Å². The van der Waals surface area contributed by atoms with E-state index in [1.54, 1.807) is 18.3 Å². The Balaban J connectivity index is 2.29. The molecule has 0 bridgehead atoms. The smallest absolute Gasteiger partial charge is 0.219 e. The number of amides is 1. The van der Waals surface area contributed by atoms with Crippen molar-refractivity contribution >= 4 is 17.2 Å². The van der Waals surface area contributed by atoms with Gasteiger partial charge < -0.3 is 10.4 Å². The SMILES string of the molecule is CCCC(=O)NCCc1ccc([C@H](C)O)s1. The Kier molecular flexibility index (Phi) is 5.49. The Hall–Kier alpha value is -0.870. The van der Waals surface area contributed by atoms with Gasteiger partial charge in [-0.1, -0.05) is 6.92 Å². The van der Waals surface area contributed by atoms with Crippen molar-refractivity contribution in [3.8, 4) is 0 Å². The molecule has 1 atom stereocenters. The largest absolute Gasteiger partial charge is 0.388 e. The van der Waals surface area contributed by atoms with Crippen LogP contribution in [-0.4, -0.2) is 17.6 Å². The highest BCUT2D eigenvalue weighted by Gasteiger charge is 2.05. The van der Waals surface area contributed by atoms with E-state index in [9.17, 15) is 9.90 Å². The number of thiophene rings is 1. The predicted octanol–water partition coefficient (Wildman–Crippen LogP) is 2.26. The summed E-state index contributed by atoms with van der Waals surface area (Å²) in [6, 6.07) is 3.96. The summed E-state index contributed by atoms with van der Waals surface area (Å²) in [6.45, 7) is 4.44. The number of aliphatic hydroxyl groups is 1. The summed E-state index contributed by atoms with van der Waals surface area (Å²) in [5.74, 6) is 0.120. The summed E-state index contributed by atoms with van der Waals surface area (Å²) < 4.78 is 0. The number of carbonyl (C=O) groups is 1. The molecule has 0 spiro atoms. The van der Waals surface area contributed by atoms with Crippen molar-refractivity contribution in [2.24, 2.45) is 0 Å². The highest BCUT2D eigenvalue weighted by atomic mass is 32.1. The van der Waals surface area contributed by atoms with Crippen LogP contribution in [0.1, 0.15) is 42.5 Å². The molecule has 1 amide bonds. The standard InChI is InChI=1S/C12H19NO2S/c1-3-4-12(15)13-8-7-10-5-6-11(16-10)9(2)14/h5-6,9,14H,3-4,7-8H2,1-2H3,(H,13,15)/t9-/m0/s1. The molecule has 0 aromatic carbocycles. The second kappa shape index (κ2) is 6.66. The van der Waals surface area contributed by atoms with Crippen molar-refractivity contribution in [1.29, 1.82) is 0 Å². The highest BCUT2D eigenvalue weighted by Crippen LogP contribution is 2.22. The average molecular weight is 241 g/mol. The van der Waals surface area contributed by atoms with Crippen LogP contribution in [0, 0.1) is 0 Å². The van der Waals surface area contributed by atoms with E-state index in [1.807, 2.05) is 19.1 Å². The minimum Gasteiger partial charge on any atom is -0.388 e. The molecule has 16 heavy (non-hydrogen) atoms. The molecule has 1 aromatic rings. The number of hydrogen-bond donors (Lipinski definition) is 2. The number of rotatable bonds is 6. The Morgan fingerprint density at radius 2 is 2.31 bits per heavy atom. The normalized spacial score (nSPS) is 12.4. The first-order valence-electron chi connectivity index (χ1n) is 5.67. The first kappa shape index (κ1) is 13.2. The van der Waals surface area contributed by atoms with E-state index >= 15 is 0 Å². The second-order valence-electron chi connectivity index (χ2n) is 3.83. The van der Waals surface area contributed by atoms with E-state index in [4.69, 9.17) is 0 Å². The maximum absolute atomic E-state index is 11.2. The molecule has 1 rings (SSSR count). The molecule has 0 aliphatic rings. The number of carbonyl (C=O) groups excluding carboxylic acids is 1. The van der Waals surface area contributed by atoms with Gasteiger partial charge in [-0.15, -0.1) is 11.3 Å². The lowest BCUT2D eigenvalue weighted by Gasteiger charge is -2.02. The van der Waals surface area contributed by atoms with E-state index in [0.29, 0.717) is 13.0 Å². The van der Waals surface area contributed by atoms with Crippen molar-refractivity contribution in [3.05, 3.63) is 21.9 Å². The lowest BCUT2D eigenvalue weighted by molar-refractivity contribution is -0.121. The van der Waals surface area contributed by atoms with Gasteiger partial charge in [-0.25, -0.2) is 0 Å². The van der Waals surface area contributed by atoms with Crippen LogP contribution >= 0.6 is 11.3 Å². The summed E-state index contributed by atoms with van der Waals surface area (Å²) >= 11 is 1.60. The van der Waals surface area contributed by atoms with Crippen LogP contribution < -0.4 is 5.32 Å². The minimum absolute atomic E-state index is 0.120. The van der Waals surface area contributed by atoms with E-state index in [1.165, 1.54) is 4.88 Å². The first-order chi connectivity index (χ1) is 7.63. The first-order valence-corrected chi connectivity index (χ1v) is 6.48. The Bertz CT molecular complexity index is 334. The van der Waals surface area contributed by atoms with E-state index in [-0.39, 0.29) is 5.91 Å². The molecule has 0 radical (unpaired) electrons. The number of nitrogens with one attached hydrogen (secondary N) is 1. The Morgan fingerprint density at radius 3 is 2.88 bits per heavy atom. The van der Waals surface area contributed by atoms with Crippen molar-refractivity contribution in [3.63, 3.8) is 0 Å². The fourth-order valence-electron chi connectivity index (χ4n) is 1.39. The summed E-state index contributed by atoms with van der Waals surface area (Å²) in [6.07, 6.45) is 1.93. The fraction of sp³-hybridized carbons (Fsp3) is 0.583. The number of hydrogen-bond acceptors (Lipinski definition) is 3. The molecule has 90 valence electrons. The van der Waals surface area contributed by atoms with Gasteiger partial charge in [0.2, 0.25) is 5.91 Å².